The highest BCUT2D eigenvalue weighted by Crippen LogP contribution is 2.19. The minimum absolute atomic E-state index is 0.0356. The second-order valence-electron chi connectivity index (χ2n) is 7.61. The lowest BCUT2D eigenvalue weighted by molar-refractivity contribution is -0.143. The number of ether oxygens (including phenoxy) is 2. The van der Waals surface area contributed by atoms with Crippen LogP contribution in [0.2, 0.25) is 5.28 Å². The number of pyridine rings is 1. The summed E-state index contributed by atoms with van der Waals surface area (Å²) in [5, 5.41) is 3.01. The van der Waals surface area contributed by atoms with Gasteiger partial charge in [0.1, 0.15) is 5.82 Å². The molecule has 10 nitrogen and oxygen atoms in total. The first-order chi connectivity index (χ1) is 16.6. The van der Waals surface area contributed by atoms with Gasteiger partial charge < -0.3 is 24.6 Å². The van der Waals surface area contributed by atoms with Crippen molar-refractivity contribution in [3.63, 3.8) is 0 Å². The highest BCUT2D eigenvalue weighted by atomic mass is 35.5. The molecule has 1 aliphatic rings. The van der Waals surface area contributed by atoms with E-state index in [0.717, 1.165) is 24.5 Å². The molecule has 0 radical (unpaired) electrons. The largest absolute Gasteiger partial charge is 0.467 e. The van der Waals surface area contributed by atoms with Gasteiger partial charge in [-0.15, -0.1) is 0 Å². The SMILES string of the molecule is COC(=O)[C@H](COCc1ccccc1)Nc1nc(Cl)nc(N2CCN(c3ccccn3)CC2)n1. The molecular formula is C23H26ClN7O3. The molecule has 178 valence electrons. The third-order valence-electron chi connectivity index (χ3n) is 5.32. The molecule has 3 heterocycles. The number of nitrogens with zero attached hydrogens (tertiary/aromatic N) is 6. The van der Waals surface area contributed by atoms with E-state index in [2.05, 4.69) is 30.2 Å². The van der Waals surface area contributed by atoms with Crippen LogP contribution < -0.4 is 15.1 Å². The van der Waals surface area contributed by atoms with Crippen molar-refractivity contribution in [2.45, 2.75) is 12.6 Å². The zero-order valence-electron chi connectivity index (χ0n) is 18.8. The van der Waals surface area contributed by atoms with Crippen molar-refractivity contribution >= 4 is 35.3 Å². The van der Waals surface area contributed by atoms with Crippen LogP contribution in [0.15, 0.2) is 54.7 Å². The Morgan fingerprint density at radius 3 is 2.47 bits per heavy atom. The molecule has 0 bridgehead atoms. The topological polar surface area (TPSA) is 106 Å². The highest BCUT2D eigenvalue weighted by molar-refractivity contribution is 6.28. The van der Waals surface area contributed by atoms with E-state index in [-0.39, 0.29) is 17.8 Å². The third-order valence-corrected chi connectivity index (χ3v) is 5.49. The fourth-order valence-corrected chi connectivity index (χ4v) is 3.71. The van der Waals surface area contributed by atoms with Crippen molar-refractivity contribution in [1.82, 2.24) is 19.9 Å². The molecule has 4 rings (SSSR count). The Kier molecular flexibility index (Phi) is 8.05. The summed E-state index contributed by atoms with van der Waals surface area (Å²) in [6.45, 7) is 3.35. The van der Waals surface area contributed by atoms with E-state index in [1.54, 1.807) is 6.20 Å². The lowest BCUT2D eigenvalue weighted by Crippen LogP contribution is -2.47. The van der Waals surface area contributed by atoms with E-state index in [1.165, 1.54) is 7.11 Å². The van der Waals surface area contributed by atoms with E-state index < -0.39 is 12.0 Å². The van der Waals surface area contributed by atoms with Gasteiger partial charge in [0.2, 0.25) is 17.2 Å². The number of methoxy groups -OCH3 is 1. The molecule has 34 heavy (non-hydrogen) atoms. The van der Waals surface area contributed by atoms with Crippen LogP contribution in [0.4, 0.5) is 17.7 Å². The van der Waals surface area contributed by atoms with E-state index >= 15 is 0 Å². The summed E-state index contributed by atoms with van der Waals surface area (Å²) >= 11 is 6.18. The number of carbonyl (C=O) groups is 1. The van der Waals surface area contributed by atoms with E-state index in [1.807, 2.05) is 53.4 Å². The first-order valence-corrected chi connectivity index (χ1v) is 11.3. The van der Waals surface area contributed by atoms with Crippen LogP contribution in [0.3, 0.4) is 0 Å². The maximum atomic E-state index is 12.3. The number of benzene rings is 1. The molecule has 0 spiro atoms. The smallest absolute Gasteiger partial charge is 0.330 e. The number of anilines is 3. The van der Waals surface area contributed by atoms with Crippen LogP contribution in [0.25, 0.3) is 0 Å². The Balaban J connectivity index is 1.39. The van der Waals surface area contributed by atoms with Gasteiger partial charge in [0.05, 0.1) is 20.3 Å². The number of piperazine rings is 1. The average molecular weight is 484 g/mol. The number of carbonyl (C=O) groups excluding carboxylic acids is 1. The molecule has 0 unspecified atom stereocenters. The van der Waals surface area contributed by atoms with E-state index in [0.29, 0.717) is 25.6 Å². The second-order valence-corrected chi connectivity index (χ2v) is 7.95. The second kappa shape index (κ2) is 11.6. The Morgan fingerprint density at radius 1 is 1.03 bits per heavy atom. The molecule has 3 aromatic rings. The Hall–Kier alpha value is -3.50. The molecule has 1 saturated heterocycles. The van der Waals surface area contributed by atoms with Crippen molar-refractivity contribution in [3.05, 3.63) is 65.6 Å². The van der Waals surface area contributed by atoms with E-state index in [4.69, 9.17) is 21.1 Å². The molecular weight excluding hydrogens is 458 g/mol. The molecule has 1 aromatic carbocycles. The predicted octanol–water partition coefficient (Wildman–Crippen LogP) is 2.42. The molecule has 2 aromatic heterocycles. The molecule has 0 saturated carbocycles. The molecule has 11 heteroatoms. The number of hydrogen-bond acceptors (Lipinski definition) is 10. The van der Waals surface area contributed by atoms with E-state index in [9.17, 15) is 4.79 Å². The first-order valence-electron chi connectivity index (χ1n) is 10.9. The molecule has 0 amide bonds. The highest BCUT2D eigenvalue weighted by Gasteiger charge is 2.24. The summed E-state index contributed by atoms with van der Waals surface area (Å²) in [4.78, 5) is 33.8. The zero-order chi connectivity index (χ0) is 23.8. The van der Waals surface area contributed by atoms with Gasteiger partial charge in [-0.05, 0) is 29.3 Å². The Morgan fingerprint density at radius 2 is 1.76 bits per heavy atom. The first kappa shape index (κ1) is 23.7. The van der Waals surface area contributed by atoms with Crippen molar-refractivity contribution < 1.29 is 14.3 Å². The summed E-state index contributed by atoms with van der Waals surface area (Å²) in [6.07, 6.45) is 1.78. The summed E-state index contributed by atoms with van der Waals surface area (Å²) in [5.74, 6) is 1.07. The summed E-state index contributed by atoms with van der Waals surface area (Å²) < 4.78 is 10.6. The van der Waals surface area contributed by atoms with Gasteiger partial charge in [-0.1, -0.05) is 36.4 Å². The van der Waals surface area contributed by atoms with Crippen molar-refractivity contribution in [2.24, 2.45) is 0 Å². The van der Waals surface area contributed by atoms with Crippen LogP contribution in [0.5, 0.6) is 0 Å². The monoisotopic (exact) mass is 483 g/mol. The fraction of sp³-hybridized carbons (Fsp3) is 0.348. The van der Waals surface area contributed by atoms with Crippen LogP contribution in [-0.4, -0.2) is 71.8 Å². The molecule has 1 atom stereocenters. The Bertz CT molecular complexity index is 1070. The minimum atomic E-state index is -0.805. The lowest BCUT2D eigenvalue weighted by Gasteiger charge is -2.35. The number of aromatic nitrogens is 4. The molecule has 1 N–H and O–H groups in total. The predicted molar refractivity (Wildman–Crippen MR) is 129 cm³/mol. The van der Waals surface area contributed by atoms with Crippen molar-refractivity contribution in [2.75, 3.05) is 55.0 Å². The normalized spacial score (nSPS) is 14.5. The van der Waals surface area contributed by atoms with Crippen LogP contribution in [0, 0.1) is 0 Å². The van der Waals surface area contributed by atoms with Gasteiger partial charge in [0.15, 0.2) is 6.04 Å². The third kappa shape index (κ3) is 6.30. The fourth-order valence-electron chi connectivity index (χ4n) is 3.56. The number of hydrogen-bond donors (Lipinski definition) is 1. The maximum absolute atomic E-state index is 12.3. The Labute approximate surface area is 202 Å². The van der Waals surface area contributed by atoms with Crippen LogP contribution in [-0.2, 0) is 20.9 Å². The summed E-state index contributed by atoms with van der Waals surface area (Å²) in [6, 6.07) is 14.8. The van der Waals surface area contributed by atoms with Gasteiger partial charge in [0.25, 0.3) is 0 Å². The number of esters is 1. The quantitative estimate of drug-likeness (QED) is 0.456. The van der Waals surface area contributed by atoms with Crippen LogP contribution in [0.1, 0.15) is 5.56 Å². The van der Waals surface area contributed by atoms with Gasteiger partial charge in [-0.2, -0.15) is 15.0 Å². The van der Waals surface area contributed by atoms with Gasteiger partial charge >= 0.3 is 5.97 Å². The summed E-state index contributed by atoms with van der Waals surface area (Å²) in [7, 11) is 1.32. The van der Waals surface area contributed by atoms with Crippen molar-refractivity contribution in [1.29, 1.82) is 0 Å². The van der Waals surface area contributed by atoms with Gasteiger partial charge in [-0.25, -0.2) is 9.78 Å². The number of halogens is 1. The zero-order valence-corrected chi connectivity index (χ0v) is 19.6. The average Bonchev–Trinajstić information content (AvgIpc) is 2.88. The molecule has 0 aliphatic carbocycles. The minimum Gasteiger partial charge on any atom is -0.467 e. The van der Waals surface area contributed by atoms with Gasteiger partial charge in [0, 0.05) is 32.4 Å². The maximum Gasteiger partial charge on any atom is 0.330 e. The van der Waals surface area contributed by atoms with Crippen molar-refractivity contribution in [3.8, 4) is 0 Å². The van der Waals surface area contributed by atoms with Gasteiger partial charge in [-0.3, -0.25) is 0 Å². The number of nitrogens with one attached hydrogen (secondary N) is 1. The van der Waals surface area contributed by atoms with Crippen LogP contribution >= 0.6 is 11.6 Å². The molecule has 1 aliphatic heterocycles. The number of rotatable bonds is 9. The standard InChI is InChI=1S/C23H26ClN7O3/c1-33-20(32)18(16-34-15-17-7-3-2-4-8-17)26-22-27-21(24)28-23(29-22)31-13-11-30(12-14-31)19-9-5-6-10-25-19/h2-10,18H,11-16H2,1H3,(H,26,27,28,29)/t18-/m0/s1. The summed E-state index contributed by atoms with van der Waals surface area (Å²) in [5.41, 5.74) is 1.00. The lowest BCUT2D eigenvalue weighted by atomic mass is 10.2. The molecule has 1 fully saturated rings.